The molecule has 5 rings (SSSR count). The molecule has 3 nitrogen and oxygen atoms in total. The number of ether oxygens (including phenoxy) is 2. The number of rotatable bonds is 4. The molecule has 4 aromatic carbocycles. The predicted molar refractivity (Wildman–Crippen MR) is 190 cm³/mol. The number of carbonyl (C=O) groups is 1. The van der Waals surface area contributed by atoms with Gasteiger partial charge in [-0.1, -0.05) is 135 Å². The van der Waals surface area contributed by atoms with Gasteiger partial charge in [0.15, 0.2) is 5.78 Å². The Morgan fingerprint density at radius 3 is 1.00 bits per heavy atom. The van der Waals surface area contributed by atoms with E-state index in [1.807, 2.05) is 72.8 Å². The molecule has 1 aliphatic heterocycles. The van der Waals surface area contributed by atoms with Crippen LogP contribution in [0.5, 0.6) is 0 Å². The smallest absolute Gasteiger partial charge is 0.222 e. The van der Waals surface area contributed by atoms with Crippen molar-refractivity contribution in [3.8, 4) is 0 Å². The largest absolute Gasteiger partial charge is 0.340 e. The summed E-state index contributed by atoms with van der Waals surface area (Å²) in [4.78, 5) is 12.4. The molecule has 0 amide bonds. The fraction of sp³-hybridized carbons (Fsp3) is 0.138. The molecular weight excluding hydrogens is 1040 g/mol. The number of halogens is 8. The van der Waals surface area contributed by atoms with E-state index in [-0.39, 0.29) is 13.2 Å². The van der Waals surface area contributed by atoms with Gasteiger partial charge < -0.3 is 9.47 Å². The van der Waals surface area contributed by atoms with E-state index in [9.17, 15) is 4.79 Å². The van der Waals surface area contributed by atoms with Crippen LogP contribution in [0.2, 0.25) is 0 Å². The molecule has 0 atom stereocenters. The highest BCUT2D eigenvalue weighted by Crippen LogP contribution is 2.42. The Morgan fingerprint density at radius 1 is 0.475 bits per heavy atom. The van der Waals surface area contributed by atoms with Crippen LogP contribution in [0.1, 0.15) is 34.5 Å². The van der Waals surface area contributed by atoms with Gasteiger partial charge in [-0.25, -0.2) is 0 Å². The number of benzene rings is 4. The maximum atomic E-state index is 12.4. The summed E-state index contributed by atoms with van der Waals surface area (Å²) in [5, 5.41) is 0. The van der Waals surface area contributed by atoms with Gasteiger partial charge in [0.05, 0.1) is 13.2 Å². The summed E-state index contributed by atoms with van der Waals surface area (Å²) >= 11 is 27.6. The minimum atomic E-state index is -0.876. The Kier molecular flexibility index (Phi) is 13.4. The molecule has 4 aromatic rings. The van der Waals surface area contributed by atoms with E-state index in [4.69, 9.17) is 9.47 Å². The summed E-state index contributed by atoms with van der Waals surface area (Å²) in [6, 6.07) is 23.1. The molecule has 0 bridgehead atoms. The third kappa shape index (κ3) is 8.92. The summed E-state index contributed by atoms with van der Waals surface area (Å²) in [6.07, 6.45) is 0. The van der Waals surface area contributed by atoms with Gasteiger partial charge >= 0.3 is 0 Å². The van der Waals surface area contributed by atoms with Crippen LogP contribution >= 0.6 is 127 Å². The SMILES string of the molecule is Brc1cc(Br)cc(C2(c3cc(Br)cc(Br)c3)OCCO2)c1.C.O=C(c1cc(Br)cc(Br)c1)c1cc(Br)cc(Br)c1. The second kappa shape index (κ2) is 15.3. The number of hydrogen-bond donors (Lipinski definition) is 0. The normalized spacial score (nSPS) is 13.7. The zero-order chi connectivity index (χ0) is 28.3. The Bertz CT molecular complexity index is 1350. The van der Waals surface area contributed by atoms with Gasteiger partial charge in [0.2, 0.25) is 5.79 Å². The van der Waals surface area contributed by atoms with E-state index in [0.717, 1.165) is 46.9 Å². The maximum Gasteiger partial charge on any atom is 0.222 e. The zero-order valence-electron chi connectivity index (χ0n) is 19.6. The van der Waals surface area contributed by atoms with Crippen LogP contribution in [-0.2, 0) is 15.3 Å². The van der Waals surface area contributed by atoms with Crippen molar-refractivity contribution in [3.63, 3.8) is 0 Å². The molecule has 0 spiro atoms. The Morgan fingerprint density at radius 2 is 0.725 bits per heavy atom. The third-order valence-electron chi connectivity index (χ3n) is 5.43. The molecule has 1 saturated heterocycles. The van der Waals surface area contributed by atoms with Crippen molar-refractivity contribution in [2.24, 2.45) is 0 Å². The first-order chi connectivity index (χ1) is 18.4. The minimum Gasteiger partial charge on any atom is -0.340 e. The molecular formula is C29H20Br8O3. The number of ketones is 1. The molecule has 11 heteroatoms. The van der Waals surface area contributed by atoms with E-state index in [0.29, 0.717) is 24.3 Å². The van der Waals surface area contributed by atoms with Crippen molar-refractivity contribution in [2.75, 3.05) is 13.2 Å². The van der Waals surface area contributed by atoms with Crippen LogP contribution in [-0.4, -0.2) is 19.0 Å². The molecule has 0 aromatic heterocycles. The highest BCUT2D eigenvalue weighted by atomic mass is 79.9. The molecule has 0 saturated carbocycles. The summed E-state index contributed by atoms with van der Waals surface area (Å²) in [5.74, 6) is -0.891. The average molecular weight is 1060 g/mol. The van der Waals surface area contributed by atoms with Gasteiger partial charge in [-0.05, 0) is 72.8 Å². The Hall–Kier alpha value is 0.310. The average Bonchev–Trinajstić information content (AvgIpc) is 3.33. The summed E-state index contributed by atoms with van der Waals surface area (Å²) in [6.45, 7) is 1.13. The van der Waals surface area contributed by atoms with Crippen LogP contribution in [0.3, 0.4) is 0 Å². The van der Waals surface area contributed by atoms with Crippen molar-refractivity contribution in [1.29, 1.82) is 0 Å². The van der Waals surface area contributed by atoms with Crippen LogP contribution in [0.15, 0.2) is 109 Å². The second-order valence-corrected chi connectivity index (χ2v) is 15.6. The molecule has 210 valence electrons. The number of hydrogen-bond acceptors (Lipinski definition) is 3. The van der Waals surface area contributed by atoms with E-state index in [1.54, 1.807) is 0 Å². The zero-order valence-corrected chi connectivity index (χ0v) is 32.3. The molecule has 1 heterocycles. The lowest BCUT2D eigenvalue weighted by Gasteiger charge is -2.29. The van der Waals surface area contributed by atoms with Gasteiger partial charge in [-0.2, -0.15) is 0 Å². The first-order valence-corrected chi connectivity index (χ1v) is 17.5. The lowest BCUT2D eigenvalue weighted by Crippen LogP contribution is -2.28. The van der Waals surface area contributed by atoms with Crippen LogP contribution in [0.25, 0.3) is 0 Å². The number of carbonyl (C=O) groups excluding carboxylic acids is 1. The van der Waals surface area contributed by atoms with E-state index >= 15 is 0 Å². The van der Waals surface area contributed by atoms with Crippen LogP contribution in [0.4, 0.5) is 0 Å². The summed E-state index contributed by atoms with van der Waals surface area (Å²) < 4.78 is 19.4. The standard InChI is InChI=1S/C15H10Br4O2.C13H6Br4O.CH4/c16-11-3-9(4-12(17)7-11)15(20-1-2-21-15)10-5-13(18)8-14(19)6-10;14-9-1-7(2-10(15)5-9)13(18)8-3-11(16)6-12(17)4-8;/h3-8H,1-2H2;1-6H;1H4. The molecule has 0 N–H and O–H groups in total. The maximum absolute atomic E-state index is 12.4. The Labute approximate surface area is 301 Å². The quantitative estimate of drug-likeness (QED) is 0.191. The Balaban J connectivity index is 0.000000218. The van der Waals surface area contributed by atoms with E-state index in [2.05, 4.69) is 127 Å². The van der Waals surface area contributed by atoms with Gasteiger partial charge in [0.25, 0.3) is 0 Å². The predicted octanol–water partition coefficient (Wildman–Crippen LogP) is 12.6. The lowest BCUT2D eigenvalue weighted by atomic mass is 9.97. The highest BCUT2D eigenvalue weighted by molar-refractivity contribution is 9.12. The second-order valence-electron chi connectivity index (χ2n) is 8.28. The highest BCUT2D eigenvalue weighted by Gasteiger charge is 2.41. The fourth-order valence-corrected chi connectivity index (χ4v) is 9.11. The molecule has 40 heavy (non-hydrogen) atoms. The monoisotopic (exact) mass is 1050 g/mol. The van der Waals surface area contributed by atoms with Gasteiger partial charge in [-0.15, -0.1) is 0 Å². The van der Waals surface area contributed by atoms with Crippen LogP contribution in [0, 0.1) is 0 Å². The molecule has 1 fully saturated rings. The van der Waals surface area contributed by atoms with Crippen LogP contribution < -0.4 is 0 Å². The fourth-order valence-electron chi connectivity index (χ4n) is 3.94. The molecule has 1 aliphatic rings. The van der Waals surface area contributed by atoms with Crippen molar-refractivity contribution in [2.45, 2.75) is 13.2 Å². The van der Waals surface area contributed by atoms with Crippen molar-refractivity contribution in [3.05, 3.63) is 131 Å². The third-order valence-corrected chi connectivity index (χ3v) is 9.09. The summed E-state index contributed by atoms with van der Waals surface area (Å²) in [5.41, 5.74) is 3.18. The minimum absolute atomic E-state index is 0. The van der Waals surface area contributed by atoms with E-state index < -0.39 is 5.79 Å². The van der Waals surface area contributed by atoms with Crippen molar-refractivity contribution >= 4 is 133 Å². The van der Waals surface area contributed by atoms with E-state index in [1.165, 1.54) is 0 Å². The molecule has 0 radical (unpaired) electrons. The molecule has 0 unspecified atom stereocenters. The molecule has 0 aliphatic carbocycles. The lowest BCUT2D eigenvalue weighted by molar-refractivity contribution is -0.130. The first kappa shape index (κ1) is 34.8. The topological polar surface area (TPSA) is 35.5 Å². The van der Waals surface area contributed by atoms with Crippen molar-refractivity contribution < 1.29 is 14.3 Å². The first-order valence-electron chi connectivity index (χ1n) is 11.1. The van der Waals surface area contributed by atoms with Gasteiger partial charge in [0, 0.05) is 58.0 Å². The van der Waals surface area contributed by atoms with Gasteiger partial charge in [-0.3, -0.25) is 4.79 Å². The summed E-state index contributed by atoms with van der Waals surface area (Å²) in [7, 11) is 0. The van der Waals surface area contributed by atoms with Crippen molar-refractivity contribution in [1.82, 2.24) is 0 Å². The van der Waals surface area contributed by atoms with Gasteiger partial charge in [0.1, 0.15) is 0 Å².